The van der Waals surface area contributed by atoms with Gasteiger partial charge in [0, 0.05) is 35.9 Å². The second kappa shape index (κ2) is 8.76. The largest absolute Gasteiger partial charge is 0.349 e. The molecule has 0 radical (unpaired) electrons. The first-order valence-corrected chi connectivity index (χ1v) is 11.8. The zero-order valence-electron chi connectivity index (χ0n) is 18.6. The Hall–Kier alpha value is -3.16. The summed E-state index contributed by atoms with van der Waals surface area (Å²) in [6.07, 6.45) is 11.3. The van der Waals surface area contributed by atoms with E-state index in [-0.39, 0.29) is 5.91 Å². The Kier molecular flexibility index (Phi) is 5.68. The van der Waals surface area contributed by atoms with Crippen molar-refractivity contribution in [2.45, 2.75) is 70.0 Å². The molecule has 1 aromatic heterocycles. The molecule has 1 aromatic carbocycles. The van der Waals surface area contributed by atoms with Gasteiger partial charge in [-0.15, -0.1) is 0 Å². The van der Waals surface area contributed by atoms with Crippen LogP contribution in [0, 0.1) is 5.41 Å². The Morgan fingerprint density at radius 3 is 2.59 bits per heavy atom. The lowest BCUT2D eigenvalue weighted by Crippen LogP contribution is -2.52. The van der Waals surface area contributed by atoms with E-state index in [1.54, 1.807) is 0 Å². The molecule has 8 nitrogen and oxygen atoms in total. The van der Waals surface area contributed by atoms with Gasteiger partial charge < -0.3 is 20.4 Å². The molecule has 5 rings (SSSR count). The van der Waals surface area contributed by atoms with E-state index in [2.05, 4.69) is 27.4 Å². The molecule has 1 aliphatic heterocycles. The number of carbonyl (C=O) groups is 1. The van der Waals surface area contributed by atoms with E-state index in [4.69, 9.17) is 10.4 Å². The molecular weight excluding hydrogens is 402 g/mol. The van der Waals surface area contributed by atoms with Gasteiger partial charge in [0.25, 0.3) is 5.91 Å². The van der Waals surface area contributed by atoms with Crippen LogP contribution >= 0.6 is 0 Å². The summed E-state index contributed by atoms with van der Waals surface area (Å²) in [7, 11) is 0. The SMILES string of the molecule is CCC1CN(C=N)c2cnc(Nc3ccc(C(=O)NC4CC4)cc3)nc2N1C1CCCC1. The van der Waals surface area contributed by atoms with Crippen LogP contribution in [0.3, 0.4) is 0 Å². The summed E-state index contributed by atoms with van der Waals surface area (Å²) in [6.45, 7) is 3.00. The number of amides is 1. The van der Waals surface area contributed by atoms with Crippen molar-refractivity contribution < 1.29 is 4.79 Å². The Labute approximate surface area is 188 Å². The predicted molar refractivity (Wildman–Crippen MR) is 127 cm³/mol. The molecule has 2 heterocycles. The van der Waals surface area contributed by atoms with Crippen molar-refractivity contribution in [3.8, 4) is 0 Å². The average molecular weight is 434 g/mol. The summed E-state index contributed by atoms with van der Waals surface area (Å²) >= 11 is 0. The van der Waals surface area contributed by atoms with Crippen molar-refractivity contribution in [2.75, 3.05) is 21.7 Å². The number of nitrogens with zero attached hydrogens (tertiary/aromatic N) is 4. The number of anilines is 4. The molecule has 2 aromatic rings. The number of aromatic nitrogens is 2. The predicted octanol–water partition coefficient (Wildman–Crippen LogP) is 4.07. The number of hydrogen-bond donors (Lipinski definition) is 3. The molecule has 168 valence electrons. The molecule has 0 spiro atoms. The van der Waals surface area contributed by atoms with Gasteiger partial charge in [0.1, 0.15) is 5.69 Å². The van der Waals surface area contributed by atoms with Crippen LogP contribution in [-0.2, 0) is 0 Å². The summed E-state index contributed by atoms with van der Waals surface area (Å²) in [5.41, 5.74) is 2.40. The normalized spacial score (nSPS) is 20.7. The minimum atomic E-state index is -0.0198. The lowest BCUT2D eigenvalue weighted by Gasteiger charge is -2.44. The van der Waals surface area contributed by atoms with Gasteiger partial charge in [-0.05, 0) is 56.4 Å². The highest BCUT2D eigenvalue weighted by Crippen LogP contribution is 2.39. The minimum Gasteiger partial charge on any atom is -0.349 e. The van der Waals surface area contributed by atoms with Crippen molar-refractivity contribution >= 4 is 35.4 Å². The van der Waals surface area contributed by atoms with Crippen molar-refractivity contribution in [1.29, 1.82) is 5.41 Å². The monoisotopic (exact) mass is 433 g/mol. The first kappa shape index (κ1) is 20.7. The smallest absolute Gasteiger partial charge is 0.251 e. The fourth-order valence-corrected chi connectivity index (χ4v) is 4.84. The van der Waals surface area contributed by atoms with Gasteiger partial charge in [-0.25, -0.2) is 4.98 Å². The molecule has 8 heteroatoms. The summed E-state index contributed by atoms with van der Waals surface area (Å²) in [4.78, 5) is 26.1. The third-order valence-corrected chi connectivity index (χ3v) is 6.77. The Balaban J connectivity index is 1.39. The van der Waals surface area contributed by atoms with Gasteiger partial charge in [0.05, 0.1) is 12.5 Å². The second-order valence-corrected chi connectivity index (χ2v) is 9.04. The van der Waals surface area contributed by atoms with Gasteiger partial charge in [0.2, 0.25) is 5.95 Å². The molecular formula is C24H31N7O. The van der Waals surface area contributed by atoms with E-state index < -0.39 is 0 Å². The molecule has 2 fully saturated rings. The quantitative estimate of drug-likeness (QED) is 0.450. The Bertz CT molecular complexity index is 982. The summed E-state index contributed by atoms with van der Waals surface area (Å²) in [6, 6.07) is 8.61. The molecule has 2 saturated carbocycles. The Morgan fingerprint density at radius 2 is 1.94 bits per heavy atom. The van der Waals surface area contributed by atoms with E-state index in [0.717, 1.165) is 43.0 Å². The highest BCUT2D eigenvalue weighted by Gasteiger charge is 2.36. The van der Waals surface area contributed by atoms with Crippen molar-refractivity contribution in [1.82, 2.24) is 15.3 Å². The van der Waals surface area contributed by atoms with Crippen molar-refractivity contribution in [3.63, 3.8) is 0 Å². The molecule has 2 aliphatic carbocycles. The zero-order valence-corrected chi connectivity index (χ0v) is 18.6. The van der Waals surface area contributed by atoms with Gasteiger partial charge >= 0.3 is 0 Å². The summed E-state index contributed by atoms with van der Waals surface area (Å²) in [5, 5.41) is 14.2. The lowest BCUT2D eigenvalue weighted by molar-refractivity contribution is 0.0951. The zero-order chi connectivity index (χ0) is 22.1. The number of nitrogens with one attached hydrogen (secondary N) is 3. The number of rotatable bonds is 7. The maximum absolute atomic E-state index is 12.2. The van der Waals surface area contributed by atoms with Gasteiger partial charge in [-0.3, -0.25) is 10.2 Å². The van der Waals surface area contributed by atoms with Gasteiger partial charge in [-0.2, -0.15) is 4.98 Å². The van der Waals surface area contributed by atoms with E-state index in [0.29, 0.717) is 29.6 Å². The third kappa shape index (κ3) is 4.13. The number of hydrogen-bond acceptors (Lipinski definition) is 6. The Morgan fingerprint density at radius 1 is 1.19 bits per heavy atom. The highest BCUT2D eigenvalue weighted by atomic mass is 16.1. The first-order valence-electron chi connectivity index (χ1n) is 11.8. The van der Waals surface area contributed by atoms with Crippen LogP contribution in [0.2, 0.25) is 0 Å². The summed E-state index contributed by atoms with van der Waals surface area (Å²) in [5.74, 6) is 1.42. The third-order valence-electron chi connectivity index (χ3n) is 6.77. The molecule has 3 aliphatic rings. The molecule has 1 amide bonds. The van der Waals surface area contributed by atoms with Crippen LogP contribution in [0.5, 0.6) is 0 Å². The van der Waals surface area contributed by atoms with Crippen LogP contribution in [0.15, 0.2) is 30.5 Å². The average Bonchev–Trinajstić information content (AvgIpc) is 3.47. The van der Waals surface area contributed by atoms with Crippen LogP contribution in [0.1, 0.15) is 62.2 Å². The molecule has 0 bridgehead atoms. The van der Waals surface area contributed by atoms with Crippen molar-refractivity contribution in [3.05, 3.63) is 36.0 Å². The molecule has 3 N–H and O–H groups in total. The maximum Gasteiger partial charge on any atom is 0.251 e. The van der Waals surface area contributed by atoms with Crippen LogP contribution in [0.25, 0.3) is 0 Å². The highest BCUT2D eigenvalue weighted by molar-refractivity contribution is 5.95. The fourth-order valence-electron chi connectivity index (χ4n) is 4.84. The minimum absolute atomic E-state index is 0.0198. The van der Waals surface area contributed by atoms with Crippen LogP contribution in [0.4, 0.5) is 23.1 Å². The standard InChI is InChI=1S/C24H31N7O/c1-2-19-14-30(15-25)21-13-26-24(29-22(21)31(19)20-5-3-4-6-20)28-18-9-7-16(8-10-18)23(32)27-17-11-12-17/h7-10,13,15,17,19-20,25H,2-6,11-12,14H2,1H3,(H,27,32)(H,26,28,29). The van der Waals surface area contributed by atoms with E-state index in [9.17, 15) is 4.79 Å². The van der Waals surface area contributed by atoms with Crippen molar-refractivity contribution in [2.24, 2.45) is 0 Å². The van der Waals surface area contributed by atoms with E-state index in [1.165, 1.54) is 32.0 Å². The molecule has 1 atom stereocenters. The number of fused-ring (bicyclic) bond motifs is 1. The van der Waals surface area contributed by atoms with Gasteiger partial charge in [0.15, 0.2) is 5.82 Å². The number of benzene rings is 1. The van der Waals surface area contributed by atoms with E-state index in [1.807, 2.05) is 35.4 Å². The fraction of sp³-hybridized carbons (Fsp3) is 0.500. The molecule has 0 saturated heterocycles. The topological polar surface area (TPSA) is 97.2 Å². The number of carbonyl (C=O) groups excluding carboxylic acids is 1. The first-order chi connectivity index (χ1) is 15.7. The van der Waals surface area contributed by atoms with Crippen LogP contribution in [-0.4, -0.2) is 46.9 Å². The second-order valence-electron chi connectivity index (χ2n) is 9.04. The maximum atomic E-state index is 12.2. The van der Waals surface area contributed by atoms with E-state index >= 15 is 0 Å². The lowest BCUT2D eigenvalue weighted by atomic mass is 10.0. The molecule has 32 heavy (non-hydrogen) atoms. The summed E-state index contributed by atoms with van der Waals surface area (Å²) < 4.78 is 0. The molecule has 1 unspecified atom stereocenters. The van der Waals surface area contributed by atoms with Crippen LogP contribution < -0.4 is 20.4 Å². The van der Waals surface area contributed by atoms with Gasteiger partial charge in [-0.1, -0.05) is 19.8 Å².